The second-order valence-electron chi connectivity index (χ2n) is 4.02. The summed E-state index contributed by atoms with van der Waals surface area (Å²) in [5, 5.41) is 7.43. The van der Waals surface area contributed by atoms with Crippen molar-refractivity contribution in [3.63, 3.8) is 0 Å². The largest absolute Gasteiger partial charge is 0.382 e. The fraction of sp³-hybridized carbons (Fsp3) is 0.500. The van der Waals surface area contributed by atoms with E-state index in [-0.39, 0.29) is 11.4 Å². The minimum absolute atomic E-state index is 0.0433. The van der Waals surface area contributed by atoms with E-state index in [4.69, 9.17) is 0 Å². The summed E-state index contributed by atoms with van der Waals surface area (Å²) in [7, 11) is 3.80. The molecule has 0 bridgehead atoms. The second kappa shape index (κ2) is 5.30. The fourth-order valence-electron chi connectivity index (χ4n) is 1.60. The van der Waals surface area contributed by atoms with Gasteiger partial charge in [0.2, 0.25) is 0 Å². The van der Waals surface area contributed by atoms with Crippen molar-refractivity contribution < 1.29 is 4.79 Å². The molecule has 2 heterocycles. The molecule has 1 aromatic rings. The third kappa shape index (κ3) is 2.58. The van der Waals surface area contributed by atoms with Crippen LogP contribution in [0, 0.1) is 0 Å². The normalized spacial score (nSPS) is 21.7. The molecular weight excluding hydrogens is 252 g/mol. The predicted octanol–water partition coefficient (Wildman–Crippen LogP) is 0.103. The van der Waals surface area contributed by atoms with Gasteiger partial charge in [-0.2, -0.15) is 0 Å². The average Bonchev–Trinajstić information content (AvgIpc) is 2.89. The van der Waals surface area contributed by atoms with Crippen molar-refractivity contribution in [2.45, 2.75) is 12.4 Å². The molecule has 0 aromatic carbocycles. The zero-order chi connectivity index (χ0) is 13.1. The summed E-state index contributed by atoms with van der Waals surface area (Å²) in [4.78, 5) is 16.5. The highest BCUT2D eigenvalue weighted by Crippen LogP contribution is 2.33. The average molecular weight is 268 g/mol. The van der Waals surface area contributed by atoms with E-state index in [0.29, 0.717) is 6.54 Å². The molecule has 18 heavy (non-hydrogen) atoms. The number of hydrogen-bond acceptors (Lipinski definition) is 6. The molecule has 1 N–H and O–H groups in total. The lowest BCUT2D eigenvalue weighted by atomic mass is 10.4. The molecular formula is C10H16N6OS. The standard InChI is InChI=1S/C10H16N6OS/c1-4-16-9(17)8(5-14(2)3)18-10(16)13-15-6-11-12-7-15/h5-7,10,13H,4H2,1-3H3/b8-5-/t10-/m0/s1. The Labute approximate surface area is 110 Å². The molecule has 98 valence electrons. The van der Waals surface area contributed by atoms with Crippen LogP contribution in [0.2, 0.25) is 0 Å². The fourth-order valence-corrected chi connectivity index (χ4v) is 2.88. The Morgan fingerprint density at radius 2 is 2.17 bits per heavy atom. The SMILES string of the molecule is CCN1C(=O)/C(=C/N(C)C)S[C@H]1Nn1cnnc1. The Kier molecular flexibility index (Phi) is 3.75. The second-order valence-corrected chi connectivity index (χ2v) is 5.14. The van der Waals surface area contributed by atoms with Crippen LogP contribution in [-0.4, -0.2) is 56.7 Å². The molecule has 2 rings (SSSR count). The summed E-state index contributed by atoms with van der Waals surface area (Å²) in [5.41, 5.74) is 3.02. The molecule has 1 aliphatic heterocycles. The van der Waals surface area contributed by atoms with Crippen molar-refractivity contribution in [2.75, 3.05) is 26.1 Å². The minimum Gasteiger partial charge on any atom is -0.382 e. The van der Waals surface area contributed by atoms with Crippen LogP contribution in [0.1, 0.15) is 6.92 Å². The molecule has 1 aliphatic rings. The molecule has 1 aromatic heterocycles. The van der Waals surface area contributed by atoms with Crippen molar-refractivity contribution in [3.8, 4) is 0 Å². The Balaban J connectivity index is 2.13. The van der Waals surface area contributed by atoms with Gasteiger partial charge in [0.15, 0.2) is 5.50 Å². The van der Waals surface area contributed by atoms with Gasteiger partial charge in [-0.05, 0) is 6.92 Å². The van der Waals surface area contributed by atoms with Crippen LogP contribution >= 0.6 is 11.8 Å². The molecule has 1 fully saturated rings. The third-order valence-corrected chi connectivity index (χ3v) is 3.50. The summed E-state index contributed by atoms with van der Waals surface area (Å²) in [5.74, 6) is 0.0433. The van der Waals surface area contributed by atoms with Crippen LogP contribution < -0.4 is 5.43 Å². The number of carbonyl (C=O) groups excluding carboxylic acids is 1. The number of likely N-dealkylation sites (N-methyl/N-ethyl adjacent to an activating group) is 1. The minimum atomic E-state index is -0.135. The first-order valence-electron chi connectivity index (χ1n) is 5.59. The zero-order valence-corrected chi connectivity index (χ0v) is 11.4. The third-order valence-electron chi connectivity index (χ3n) is 2.39. The summed E-state index contributed by atoms with van der Waals surface area (Å²) >= 11 is 1.49. The van der Waals surface area contributed by atoms with E-state index in [1.54, 1.807) is 22.2 Å². The van der Waals surface area contributed by atoms with Gasteiger partial charge in [0.05, 0.1) is 4.91 Å². The molecule has 0 radical (unpaired) electrons. The van der Waals surface area contributed by atoms with Crippen LogP contribution in [0.3, 0.4) is 0 Å². The van der Waals surface area contributed by atoms with Crippen LogP contribution in [-0.2, 0) is 4.79 Å². The molecule has 8 heteroatoms. The summed E-state index contributed by atoms with van der Waals surface area (Å²) < 4.78 is 1.65. The van der Waals surface area contributed by atoms with Gasteiger partial charge in [-0.15, -0.1) is 10.2 Å². The molecule has 0 spiro atoms. The van der Waals surface area contributed by atoms with Crippen molar-refractivity contribution in [2.24, 2.45) is 0 Å². The van der Waals surface area contributed by atoms with Crippen molar-refractivity contribution in [3.05, 3.63) is 23.8 Å². The van der Waals surface area contributed by atoms with E-state index in [2.05, 4.69) is 15.6 Å². The lowest BCUT2D eigenvalue weighted by molar-refractivity contribution is -0.125. The Bertz CT molecular complexity index is 443. The molecule has 0 aliphatic carbocycles. The van der Waals surface area contributed by atoms with Crippen LogP contribution in [0.5, 0.6) is 0 Å². The summed E-state index contributed by atoms with van der Waals surface area (Å²) in [6, 6.07) is 0. The molecule has 1 atom stereocenters. The zero-order valence-electron chi connectivity index (χ0n) is 10.6. The highest BCUT2D eigenvalue weighted by atomic mass is 32.2. The molecule has 7 nitrogen and oxygen atoms in total. The maximum Gasteiger partial charge on any atom is 0.264 e. The van der Waals surface area contributed by atoms with Gasteiger partial charge in [-0.25, -0.2) is 4.68 Å². The highest BCUT2D eigenvalue weighted by Gasteiger charge is 2.35. The van der Waals surface area contributed by atoms with Crippen LogP contribution in [0.15, 0.2) is 23.8 Å². The number of nitrogens with zero attached hydrogens (tertiary/aromatic N) is 5. The lowest BCUT2D eigenvalue weighted by Crippen LogP contribution is -2.40. The smallest absolute Gasteiger partial charge is 0.264 e. The lowest BCUT2D eigenvalue weighted by Gasteiger charge is -2.22. The van der Waals surface area contributed by atoms with Gasteiger partial charge in [0, 0.05) is 26.8 Å². The van der Waals surface area contributed by atoms with E-state index >= 15 is 0 Å². The first kappa shape index (κ1) is 12.7. The number of hydrogen-bond donors (Lipinski definition) is 1. The van der Waals surface area contributed by atoms with Gasteiger partial charge in [-0.1, -0.05) is 11.8 Å². The molecule has 1 saturated heterocycles. The quantitative estimate of drug-likeness (QED) is 0.782. The number of carbonyl (C=O) groups is 1. The maximum absolute atomic E-state index is 12.1. The highest BCUT2D eigenvalue weighted by molar-refractivity contribution is 8.05. The van der Waals surface area contributed by atoms with Crippen molar-refractivity contribution in [1.29, 1.82) is 0 Å². The van der Waals surface area contributed by atoms with Gasteiger partial charge < -0.3 is 9.80 Å². The number of nitrogens with one attached hydrogen (secondary N) is 1. The number of amides is 1. The van der Waals surface area contributed by atoms with Gasteiger partial charge in [-0.3, -0.25) is 10.2 Å². The van der Waals surface area contributed by atoms with Crippen molar-refractivity contribution in [1.82, 2.24) is 24.7 Å². The van der Waals surface area contributed by atoms with Gasteiger partial charge >= 0.3 is 0 Å². The Morgan fingerprint density at radius 3 is 2.72 bits per heavy atom. The topological polar surface area (TPSA) is 66.3 Å². The Morgan fingerprint density at radius 1 is 1.50 bits per heavy atom. The van der Waals surface area contributed by atoms with E-state index in [0.717, 1.165) is 4.91 Å². The maximum atomic E-state index is 12.1. The summed E-state index contributed by atoms with van der Waals surface area (Å²) in [6.07, 6.45) is 4.96. The number of aromatic nitrogens is 3. The first-order valence-corrected chi connectivity index (χ1v) is 6.47. The van der Waals surface area contributed by atoms with E-state index < -0.39 is 0 Å². The van der Waals surface area contributed by atoms with Crippen LogP contribution in [0.25, 0.3) is 0 Å². The van der Waals surface area contributed by atoms with Crippen LogP contribution in [0.4, 0.5) is 0 Å². The monoisotopic (exact) mass is 268 g/mol. The predicted molar refractivity (Wildman–Crippen MR) is 69.9 cm³/mol. The number of rotatable bonds is 4. The van der Waals surface area contributed by atoms with Gasteiger partial charge in [0.1, 0.15) is 12.7 Å². The molecule has 0 unspecified atom stereocenters. The van der Waals surface area contributed by atoms with E-state index in [9.17, 15) is 4.79 Å². The van der Waals surface area contributed by atoms with Crippen molar-refractivity contribution >= 4 is 17.7 Å². The number of thioether (sulfide) groups is 1. The first-order chi connectivity index (χ1) is 8.61. The molecule has 1 amide bonds. The van der Waals surface area contributed by atoms with Gasteiger partial charge in [0.25, 0.3) is 5.91 Å². The molecule has 0 saturated carbocycles. The van der Waals surface area contributed by atoms with E-state index in [1.165, 1.54) is 11.8 Å². The Hall–Kier alpha value is -1.70. The van der Waals surface area contributed by atoms with E-state index in [1.807, 2.05) is 32.1 Å². The summed E-state index contributed by atoms with van der Waals surface area (Å²) in [6.45, 7) is 2.61.